The van der Waals surface area contributed by atoms with Gasteiger partial charge in [-0.2, -0.15) is 17.5 Å². The van der Waals surface area contributed by atoms with E-state index in [-0.39, 0.29) is 29.2 Å². The van der Waals surface area contributed by atoms with Crippen molar-refractivity contribution in [3.63, 3.8) is 0 Å². The van der Waals surface area contributed by atoms with Gasteiger partial charge < -0.3 is 9.73 Å². The van der Waals surface area contributed by atoms with E-state index >= 15 is 0 Å². The quantitative estimate of drug-likeness (QED) is 0.356. The van der Waals surface area contributed by atoms with E-state index < -0.39 is 39.5 Å². The van der Waals surface area contributed by atoms with Gasteiger partial charge in [-0.1, -0.05) is 12.1 Å². The molecule has 1 aliphatic rings. The fraction of sp³-hybridized carbons (Fsp3) is 0.240. The zero-order chi connectivity index (χ0) is 27.1. The highest BCUT2D eigenvalue weighted by molar-refractivity contribution is 7.89. The molecule has 3 heterocycles. The fourth-order valence-corrected chi connectivity index (χ4v) is 5.91. The second-order valence-electron chi connectivity index (χ2n) is 8.71. The van der Waals surface area contributed by atoms with Gasteiger partial charge in [0.25, 0.3) is 10.0 Å². The number of nitrogens with zero attached hydrogens (tertiary/aromatic N) is 3. The highest BCUT2D eigenvalue weighted by atomic mass is 32.2. The SMILES string of the molecule is O=C(NCc1cc(-c2ccc(C(F)(F)F)cc2)ncn1)[C@@H]1CCCN1S(=O)(=O)c1cc2cc(F)ccc2o1. The van der Waals surface area contributed by atoms with Crippen LogP contribution in [0.4, 0.5) is 17.6 Å². The first-order chi connectivity index (χ1) is 18.0. The molecule has 0 aliphatic carbocycles. The average Bonchev–Trinajstić information content (AvgIpc) is 3.55. The number of furan rings is 1. The zero-order valence-corrected chi connectivity index (χ0v) is 20.4. The van der Waals surface area contributed by atoms with Gasteiger partial charge in [-0.3, -0.25) is 4.79 Å². The van der Waals surface area contributed by atoms with E-state index in [9.17, 15) is 30.8 Å². The number of benzene rings is 2. The number of hydrogen-bond acceptors (Lipinski definition) is 6. The Labute approximate surface area is 214 Å². The molecule has 1 fully saturated rings. The highest BCUT2D eigenvalue weighted by Crippen LogP contribution is 2.32. The van der Waals surface area contributed by atoms with Crippen molar-refractivity contribution in [1.29, 1.82) is 0 Å². The molecule has 0 radical (unpaired) electrons. The molecule has 1 atom stereocenters. The Morgan fingerprint density at radius 2 is 1.84 bits per heavy atom. The topological polar surface area (TPSA) is 105 Å². The molecule has 1 aliphatic heterocycles. The summed E-state index contributed by atoms with van der Waals surface area (Å²) in [6.07, 6.45) is -2.48. The maximum Gasteiger partial charge on any atom is 0.416 e. The molecule has 5 rings (SSSR count). The Hall–Kier alpha value is -3.84. The molecule has 38 heavy (non-hydrogen) atoms. The van der Waals surface area contributed by atoms with Crippen molar-refractivity contribution in [2.75, 3.05) is 6.54 Å². The molecule has 198 valence electrons. The number of halogens is 4. The van der Waals surface area contributed by atoms with Crippen LogP contribution in [0, 0.1) is 5.82 Å². The second kappa shape index (κ2) is 9.80. The molecule has 1 saturated heterocycles. The Morgan fingerprint density at radius 3 is 2.58 bits per heavy atom. The number of rotatable bonds is 6. The largest absolute Gasteiger partial charge is 0.443 e. The van der Waals surface area contributed by atoms with Crippen LogP contribution in [-0.2, 0) is 27.5 Å². The Balaban J connectivity index is 1.28. The summed E-state index contributed by atoms with van der Waals surface area (Å²) in [5, 5.41) is 2.58. The van der Waals surface area contributed by atoms with Crippen molar-refractivity contribution in [3.8, 4) is 11.3 Å². The minimum atomic E-state index is -4.45. The Morgan fingerprint density at radius 1 is 1.08 bits per heavy atom. The van der Waals surface area contributed by atoms with Crippen molar-refractivity contribution in [2.45, 2.75) is 36.7 Å². The Bertz CT molecular complexity index is 1600. The van der Waals surface area contributed by atoms with Crippen molar-refractivity contribution >= 4 is 26.9 Å². The molecule has 8 nitrogen and oxygen atoms in total. The summed E-state index contributed by atoms with van der Waals surface area (Å²) in [4.78, 5) is 21.1. The standard InChI is InChI=1S/C25H20F4N4O4S/c26-18-7-8-22-16(10-18)11-23(37-22)38(35,36)33-9-1-2-21(33)24(34)30-13-19-12-20(32-14-31-19)15-3-5-17(6-4-15)25(27,28)29/h3-8,10-12,14,21H,1-2,9,13H2,(H,30,34)/t21-/m0/s1. The van der Waals surface area contributed by atoms with Crippen molar-refractivity contribution in [3.05, 3.63) is 78.0 Å². The van der Waals surface area contributed by atoms with Crippen LogP contribution in [0.2, 0.25) is 0 Å². The smallest absolute Gasteiger partial charge is 0.416 e. The molecular formula is C25H20F4N4O4S. The van der Waals surface area contributed by atoms with Gasteiger partial charge in [0, 0.05) is 23.6 Å². The lowest BCUT2D eigenvalue weighted by Gasteiger charge is -2.22. The van der Waals surface area contributed by atoms with Gasteiger partial charge in [-0.05, 0) is 49.2 Å². The highest BCUT2D eigenvalue weighted by Gasteiger charge is 2.41. The molecule has 0 unspecified atom stereocenters. The summed E-state index contributed by atoms with van der Waals surface area (Å²) in [6.45, 7) is 0.0562. The third-order valence-corrected chi connectivity index (χ3v) is 7.96. The van der Waals surface area contributed by atoms with Gasteiger partial charge in [-0.25, -0.2) is 22.8 Å². The van der Waals surface area contributed by atoms with Gasteiger partial charge >= 0.3 is 6.18 Å². The number of nitrogens with one attached hydrogen (secondary N) is 1. The number of carbonyl (C=O) groups excluding carboxylic acids is 1. The van der Waals surface area contributed by atoms with Crippen molar-refractivity contribution < 1.29 is 35.2 Å². The lowest BCUT2D eigenvalue weighted by Crippen LogP contribution is -2.45. The number of fused-ring (bicyclic) bond motifs is 1. The maximum absolute atomic E-state index is 13.5. The minimum absolute atomic E-state index is 0.0523. The summed E-state index contributed by atoms with van der Waals surface area (Å²) in [5.74, 6) is -1.07. The molecule has 1 N–H and O–H groups in total. The first-order valence-electron chi connectivity index (χ1n) is 11.5. The molecule has 4 aromatic rings. The van der Waals surface area contributed by atoms with Crippen LogP contribution >= 0.6 is 0 Å². The first-order valence-corrected chi connectivity index (χ1v) is 12.9. The van der Waals surface area contributed by atoms with Crippen LogP contribution in [-0.4, -0.2) is 41.2 Å². The van der Waals surface area contributed by atoms with Crippen LogP contribution in [0.1, 0.15) is 24.1 Å². The lowest BCUT2D eigenvalue weighted by molar-refractivity contribution is -0.137. The van der Waals surface area contributed by atoms with Crippen LogP contribution in [0.25, 0.3) is 22.2 Å². The summed E-state index contributed by atoms with van der Waals surface area (Å²) >= 11 is 0. The zero-order valence-electron chi connectivity index (χ0n) is 19.6. The molecule has 0 saturated carbocycles. The fourth-order valence-electron chi connectivity index (χ4n) is 4.30. The van der Waals surface area contributed by atoms with Crippen molar-refractivity contribution in [2.24, 2.45) is 0 Å². The average molecular weight is 549 g/mol. The first kappa shape index (κ1) is 25.8. The number of aromatic nitrogens is 2. The van der Waals surface area contributed by atoms with Gasteiger partial charge in [0.2, 0.25) is 11.0 Å². The van der Waals surface area contributed by atoms with E-state index in [0.717, 1.165) is 28.6 Å². The van der Waals surface area contributed by atoms with Crippen molar-refractivity contribution in [1.82, 2.24) is 19.6 Å². The van der Waals surface area contributed by atoms with Gasteiger partial charge in [-0.15, -0.1) is 0 Å². The molecular weight excluding hydrogens is 528 g/mol. The molecule has 2 aromatic carbocycles. The van der Waals surface area contributed by atoms with E-state index in [1.165, 1.54) is 36.7 Å². The molecule has 13 heteroatoms. The van der Waals surface area contributed by atoms with Crippen LogP contribution < -0.4 is 5.32 Å². The predicted molar refractivity (Wildman–Crippen MR) is 127 cm³/mol. The minimum Gasteiger partial charge on any atom is -0.443 e. The summed E-state index contributed by atoms with van der Waals surface area (Å²) in [7, 11) is -4.17. The van der Waals surface area contributed by atoms with E-state index in [4.69, 9.17) is 4.42 Å². The predicted octanol–water partition coefficient (Wildman–Crippen LogP) is 4.52. The van der Waals surface area contributed by atoms with Crippen LogP contribution in [0.15, 0.2) is 70.4 Å². The normalized spacial score (nSPS) is 16.7. The van der Waals surface area contributed by atoms with E-state index in [0.29, 0.717) is 29.8 Å². The summed E-state index contributed by atoms with van der Waals surface area (Å²) in [6, 6.07) is 9.91. The van der Waals surface area contributed by atoms with Gasteiger partial charge in [0.15, 0.2) is 0 Å². The third kappa shape index (κ3) is 5.11. The second-order valence-corrected chi connectivity index (χ2v) is 10.5. The van der Waals surface area contributed by atoms with E-state index in [1.807, 2.05) is 0 Å². The number of alkyl halides is 3. The van der Waals surface area contributed by atoms with E-state index in [2.05, 4.69) is 15.3 Å². The molecule has 2 aromatic heterocycles. The Kier molecular flexibility index (Phi) is 6.65. The number of carbonyl (C=O) groups is 1. The van der Waals surface area contributed by atoms with Crippen LogP contribution in [0.3, 0.4) is 0 Å². The number of sulfonamides is 1. The monoisotopic (exact) mass is 548 g/mol. The number of hydrogen-bond donors (Lipinski definition) is 1. The number of amides is 1. The molecule has 0 bridgehead atoms. The van der Waals surface area contributed by atoms with Gasteiger partial charge in [0.05, 0.1) is 23.5 Å². The van der Waals surface area contributed by atoms with Crippen LogP contribution in [0.5, 0.6) is 0 Å². The summed E-state index contributed by atoms with van der Waals surface area (Å²) in [5.41, 5.74) is 0.609. The van der Waals surface area contributed by atoms with E-state index in [1.54, 1.807) is 0 Å². The molecule has 1 amide bonds. The lowest BCUT2D eigenvalue weighted by atomic mass is 10.1. The van der Waals surface area contributed by atoms with Gasteiger partial charge in [0.1, 0.15) is 23.8 Å². The molecule has 0 spiro atoms. The summed E-state index contributed by atoms with van der Waals surface area (Å²) < 4.78 is 84.9. The maximum atomic E-state index is 13.5. The third-order valence-electron chi connectivity index (χ3n) is 6.20.